The van der Waals surface area contributed by atoms with Gasteiger partial charge in [-0.2, -0.15) is 0 Å². The largest absolute Gasteiger partial charge is 0.481 e. The molecule has 1 aliphatic rings. The molecule has 2 N–H and O–H groups in total. The summed E-state index contributed by atoms with van der Waals surface area (Å²) in [4.78, 5) is 22.6. The number of carboxylic acid groups (broad SMARTS) is 1. The fraction of sp³-hybridized carbons (Fsp3) is 0.538. The third kappa shape index (κ3) is 4.61. The van der Waals surface area contributed by atoms with Crippen LogP contribution in [0.2, 0.25) is 0 Å². The van der Waals surface area contributed by atoms with E-state index in [4.69, 9.17) is 4.74 Å². The first-order valence-corrected chi connectivity index (χ1v) is 6.07. The third-order valence-corrected chi connectivity index (χ3v) is 2.89. The van der Waals surface area contributed by atoms with Crippen LogP contribution in [-0.2, 0) is 9.53 Å². The van der Waals surface area contributed by atoms with E-state index >= 15 is 0 Å². The molecular weight excluding hydrogens is 234 g/mol. The lowest BCUT2D eigenvalue weighted by molar-refractivity contribution is -0.143. The molecule has 1 amide bonds. The lowest BCUT2D eigenvalue weighted by atomic mass is 9.89. The summed E-state index contributed by atoms with van der Waals surface area (Å²) in [5.74, 6) is -1.44. The maximum absolute atomic E-state index is 11.4. The van der Waals surface area contributed by atoms with Gasteiger partial charge < -0.3 is 15.2 Å². The van der Waals surface area contributed by atoms with Gasteiger partial charge in [-0.25, -0.2) is 4.79 Å². The van der Waals surface area contributed by atoms with Crippen LogP contribution in [0.15, 0.2) is 24.8 Å². The van der Waals surface area contributed by atoms with E-state index in [1.807, 2.05) is 12.2 Å². The molecule has 5 heteroatoms. The highest BCUT2D eigenvalue weighted by Gasteiger charge is 2.29. The molecule has 0 aromatic carbocycles. The van der Waals surface area contributed by atoms with E-state index in [0.29, 0.717) is 12.8 Å². The van der Waals surface area contributed by atoms with Crippen molar-refractivity contribution in [2.75, 3.05) is 6.61 Å². The zero-order valence-electron chi connectivity index (χ0n) is 10.3. The molecule has 1 aliphatic carbocycles. The summed E-state index contributed by atoms with van der Waals surface area (Å²) < 4.78 is 4.82. The van der Waals surface area contributed by atoms with Crippen LogP contribution >= 0.6 is 0 Å². The Morgan fingerprint density at radius 1 is 1.39 bits per heavy atom. The predicted molar refractivity (Wildman–Crippen MR) is 67.2 cm³/mol. The Labute approximate surface area is 107 Å². The van der Waals surface area contributed by atoms with Crippen LogP contribution < -0.4 is 5.32 Å². The maximum atomic E-state index is 11.4. The normalized spacial score (nSPS) is 25.3. The van der Waals surface area contributed by atoms with E-state index in [-0.39, 0.29) is 12.6 Å². The summed E-state index contributed by atoms with van der Waals surface area (Å²) in [6, 6.07) is -0.384. The molecule has 0 aromatic heterocycles. The van der Waals surface area contributed by atoms with Gasteiger partial charge in [0.05, 0.1) is 5.92 Å². The first kappa shape index (κ1) is 14.3. The number of alkyl carbamates (subject to hydrolysis) is 1. The van der Waals surface area contributed by atoms with Crippen molar-refractivity contribution in [3.8, 4) is 0 Å². The van der Waals surface area contributed by atoms with Crippen LogP contribution in [0, 0.1) is 5.92 Å². The van der Waals surface area contributed by atoms with Gasteiger partial charge in [0.1, 0.15) is 6.61 Å². The average molecular weight is 253 g/mol. The Hall–Kier alpha value is -1.78. The van der Waals surface area contributed by atoms with Crippen molar-refractivity contribution in [3.63, 3.8) is 0 Å². The monoisotopic (exact) mass is 253 g/mol. The molecule has 0 spiro atoms. The Morgan fingerprint density at radius 3 is 2.67 bits per heavy atom. The van der Waals surface area contributed by atoms with Crippen molar-refractivity contribution in [1.29, 1.82) is 0 Å². The third-order valence-electron chi connectivity index (χ3n) is 2.89. The molecule has 2 atom stereocenters. The SMILES string of the molecule is C=CCOC(=O)N[C@H]1CC/C=C\CC[C@H]1C(=O)O. The lowest BCUT2D eigenvalue weighted by Crippen LogP contribution is -2.43. The second-order valence-corrected chi connectivity index (χ2v) is 4.21. The van der Waals surface area contributed by atoms with Gasteiger partial charge in [-0.05, 0) is 25.7 Å². The number of hydrogen-bond acceptors (Lipinski definition) is 3. The van der Waals surface area contributed by atoms with Crippen LogP contribution in [0.3, 0.4) is 0 Å². The Bertz CT molecular complexity index is 338. The van der Waals surface area contributed by atoms with Crippen molar-refractivity contribution in [2.45, 2.75) is 31.7 Å². The summed E-state index contributed by atoms with van der Waals surface area (Å²) in [6.07, 6.45) is 7.50. The maximum Gasteiger partial charge on any atom is 0.407 e. The molecule has 5 nitrogen and oxygen atoms in total. The highest BCUT2D eigenvalue weighted by atomic mass is 16.5. The molecule has 0 unspecified atom stereocenters. The fourth-order valence-corrected chi connectivity index (χ4v) is 1.99. The van der Waals surface area contributed by atoms with Crippen molar-refractivity contribution in [2.24, 2.45) is 5.92 Å². The average Bonchev–Trinajstić information content (AvgIpc) is 2.29. The molecule has 0 heterocycles. The van der Waals surface area contributed by atoms with Gasteiger partial charge in [0.2, 0.25) is 0 Å². The number of carbonyl (C=O) groups excluding carboxylic acids is 1. The van der Waals surface area contributed by atoms with Crippen molar-refractivity contribution in [1.82, 2.24) is 5.32 Å². The smallest absolute Gasteiger partial charge is 0.407 e. The van der Waals surface area contributed by atoms with E-state index < -0.39 is 18.0 Å². The molecule has 100 valence electrons. The van der Waals surface area contributed by atoms with E-state index in [1.165, 1.54) is 6.08 Å². The van der Waals surface area contributed by atoms with Crippen molar-refractivity contribution < 1.29 is 19.4 Å². The number of ether oxygens (including phenoxy) is 1. The highest BCUT2D eigenvalue weighted by Crippen LogP contribution is 2.20. The van der Waals surface area contributed by atoms with Crippen LogP contribution in [0.5, 0.6) is 0 Å². The summed E-state index contributed by atoms with van der Waals surface area (Å²) in [6.45, 7) is 3.56. The molecule has 0 saturated carbocycles. The lowest BCUT2D eigenvalue weighted by Gasteiger charge is -2.25. The summed E-state index contributed by atoms with van der Waals surface area (Å²) >= 11 is 0. The molecule has 0 aliphatic heterocycles. The number of nitrogens with one attached hydrogen (secondary N) is 1. The van der Waals surface area contributed by atoms with Crippen molar-refractivity contribution in [3.05, 3.63) is 24.8 Å². The second-order valence-electron chi connectivity index (χ2n) is 4.21. The number of amides is 1. The Kier molecular flexibility index (Phi) is 5.97. The Morgan fingerprint density at radius 2 is 2.06 bits per heavy atom. The molecule has 0 fully saturated rings. The second kappa shape index (κ2) is 7.53. The molecule has 1 rings (SSSR count). The van der Waals surface area contributed by atoms with Gasteiger partial charge in [-0.1, -0.05) is 24.8 Å². The van der Waals surface area contributed by atoms with E-state index in [2.05, 4.69) is 11.9 Å². The minimum absolute atomic E-state index is 0.121. The van der Waals surface area contributed by atoms with E-state index in [0.717, 1.165) is 12.8 Å². The van der Waals surface area contributed by atoms with Crippen LogP contribution in [0.1, 0.15) is 25.7 Å². The van der Waals surface area contributed by atoms with Gasteiger partial charge in [0, 0.05) is 6.04 Å². The Balaban J connectivity index is 2.61. The first-order valence-electron chi connectivity index (χ1n) is 6.07. The van der Waals surface area contributed by atoms with Gasteiger partial charge in [-0.15, -0.1) is 0 Å². The van der Waals surface area contributed by atoms with E-state index in [9.17, 15) is 14.7 Å². The zero-order chi connectivity index (χ0) is 13.4. The number of allylic oxidation sites excluding steroid dienone is 2. The van der Waals surface area contributed by atoms with Gasteiger partial charge in [0.25, 0.3) is 0 Å². The minimum atomic E-state index is -0.876. The molecular formula is C13H19NO4. The topological polar surface area (TPSA) is 75.6 Å². The number of aliphatic carboxylic acids is 1. The number of carbonyl (C=O) groups is 2. The fourth-order valence-electron chi connectivity index (χ4n) is 1.99. The summed E-state index contributed by atoms with van der Waals surface area (Å²) in [5, 5.41) is 11.8. The number of hydrogen-bond donors (Lipinski definition) is 2. The van der Waals surface area contributed by atoms with Gasteiger partial charge in [0.15, 0.2) is 0 Å². The molecule has 18 heavy (non-hydrogen) atoms. The van der Waals surface area contributed by atoms with Gasteiger partial charge >= 0.3 is 12.1 Å². The summed E-state index contributed by atoms with van der Waals surface area (Å²) in [5.41, 5.74) is 0. The van der Waals surface area contributed by atoms with Gasteiger partial charge in [-0.3, -0.25) is 4.79 Å². The molecule has 0 aromatic rings. The minimum Gasteiger partial charge on any atom is -0.481 e. The molecule has 0 bridgehead atoms. The van der Waals surface area contributed by atoms with Crippen LogP contribution in [0.25, 0.3) is 0 Å². The van der Waals surface area contributed by atoms with Crippen molar-refractivity contribution >= 4 is 12.1 Å². The van der Waals surface area contributed by atoms with Crippen LogP contribution in [0.4, 0.5) is 4.79 Å². The number of carboxylic acids is 1. The number of rotatable bonds is 4. The zero-order valence-corrected chi connectivity index (χ0v) is 10.3. The highest BCUT2D eigenvalue weighted by molar-refractivity contribution is 5.73. The van der Waals surface area contributed by atoms with E-state index in [1.54, 1.807) is 0 Å². The molecule has 0 radical (unpaired) electrons. The molecule has 0 saturated heterocycles. The standard InChI is InChI=1S/C13H19NO4/c1-2-9-18-13(17)14-11-8-6-4-3-5-7-10(11)12(15)16/h2-4,10-11H,1,5-9H2,(H,14,17)(H,15,16)/b4-3-/t10-,11+/m1/s1. The predicted octanol–water partition coefficient (Wildman–Crippen LogP) is 2.10. The summed E-state index contributed by atoms with van der Waals surface area (Å²) in [7, 11) is 0. The van der Waals surface area contributed by atoms with Crippen LogP contribution in [-0.4, -0.2) is 29.8 Å². The first-order chi connectivity index (χ1) is 8.65. The quantitative estimate of drug-likeness (QED) is 0.752.